The molecule has 0 aliphatic carbocycles. The first-order valence-corrected chi connectivity index (χ1v) is 10.4. The lowest BCUT2D eigenvalue weighted by Crippen LogP contribution is -1.93. The van der Waals surface area contributed by atoms with Gasteiger partial charge in [0, 0.05) is 9.90 Å². The summed E-state index contributed by atoms with van der Waals surface area (Å²) in [6, 6.07) is 11.0. The quantitative estimate of drug-likeness (QED) is 0.362. The van der Waals surface area contributed by atoms with Crippen LogP contribution in [-0.2, 0) is 13.0 Å². The number of aromatic nitrogens is 4. The molecule has 0 atom stereocenters. The Morgan fingerprint density at radius 1 is 1.17 bits per heavy atom. The molecular formula is C21H17ClN4O2S. The highest BCUT2D eigenvalue weighted by Crippen LogP contribution is 2.33. The van der Waals surface area contributed by atoms with Crippen LogP contribution in [0.5, 0.6) is 5.75 Å². The standard InChI is InChI=1S/C21H17ClN4O2S/c1-3-16-12(2)29-21-18(16)20-24-19(25-26(20)11-23-21)17-9-8-15(28-17)10-27-14-6-4-13(22)5-7-14/h4-9,11H,3,10H2,1-2H3. The van der Waals surface area contributed by atoms with Gasteiger partial charge >= 0.3 is 0 Å². The lowest BCUT2D eigenvalue weighted by molar-refractivity contribution is 0.272. The van der Waals surface area contributed by atoms with Crippen LogP contribution in [0.3, 0.4) is 0 Å². The maximum atomic E-state index is 5.91. The van der Waals surface area contributed by atoms with Crippen molar-refractivity contribution in [1.82, 2.24) is 19.6 Å². The molecular weight excluding hydrogens is 408 g/mol. The zero-order chi connectivity index (χ0) is 20.0. The molecule has 4 heterocycles. The SMILES string of the molecule is CCc1c(C)sc2ncn3nc(-c4ccc(COc5ccc(Cl)cc5)o4)nc3c12. The van der Waals surface area contributed by atoms with E-state index in [1.807, 2.05) is 24.3 Å². The van der Waals surface area contributed by atoms with Gasteiger partial charge in [0.15, 0.2) is 11.4 Å². The minimum absolute atomic E-state index is 0.310. The molecule has 4 aromatic heterocycles. The lowest BCUT2D eigenvalue weighted by atomic mass is 10.1. The fourth-order valence-corrected chi connectivity index (χ4v) is 4.56. The van der Waals surface area contributed by atoms with E-state index in [1.54, 1.807) is 34.3 Å². The van der Waals surface area contributed by atoms with Crippen molar-refractivity contribution in [2.75, 3.05) is 0 Å². The molecule has 0 fully saturated rings. The van der Waals surface area contributed by atoms with Gasteiger partial charge in [0.1, 0.15) is 29.3 Å². The van der Waals surface area contributed by atoms with Gasteiger partial charge in [-0.05, 0) is 55.3 Å². The van der Waals surface area contributed by atoms with Crippen LogP contribution in [0.25, 0.3) is 27.4 Å². The first kappa shape index (κ1) is 18.1. The monoisotopic (exact) mass is 424 g/mol. The second-order valence-corrected chi connectivity index (χ2v) is 8.27. The number of nitrogens with zero attached hydrogens (tertiary/aromatic N) is 4. The van der Waals surface area contributed by atoms with E-state index in [9.17, 15) is 0 Å². The molecule has 0 spiro atoms. The number of benzene rings is 1. The highest BCUT2D eigenvalue weighted by molar-refractivity contribution is 7.18. The molecule has 0 radical (unpaired) electrons. The number of halogens is 1. The minimum Gasteiger partial charge on any atom is -0.486 e. The van der Waals surface area contributed by atoms with Crippen molar-refractivity contribution in [2.24, 2.45) is 0 Å². The minimum atomic E-state index is 0.310. The number of hydrogen-bond donors (Lipinski definition) is 0. The van der Waals surface area contributed by atoms with Gasteiger partial charge in [-0.1, -0.05) is 18.5 Å². The van der Waals surface area contributed by atoms with Gasteiger partial charge in [0.2, 0.25) is 5.82 Å². The molecule has 0 aliphatic rings. The van der Waals surface area contributed by atoms with Crippen LogP contribution in [0.2, 0.25) is 5.02 Å². The summed E-state index contributed by atoms with van der Waals surface area (Å²) >= 11 is 7.59. The molecule has 0 unspecified atom stereocenters. The molecule has 6 nitrogen and oxygen atoms in total. The first-order valence-electron chi connectivity index (χ1n) is 9.23. The van der Waals surface area contributed by atoms with E-state index in [4.69, 9.17) is 25.7 Å². The van der Waals surface area contributed by atoms with E-state index in [-0.39, 0.29) is 0 Å². The maximum Gasteiger partial charge on any atom is 0.217 e. The van der Waals surface area contributed by atoms with Gasteiger partial charge in [-0.25, -0.2) is 14.5 Å². The normalized spacial score (nSPS) is 11.6. The predicted molar refractivity (Wildman–Crippen MR) is 114 cm³/mol. The smallest absolute Gasteiger partial charge is 0.217 e. The third-order valence-electron chi connectivity index (χ3n) is 4.76. The lowest BCUT2D eigenvalue weighted by Gasteiger charge is -2.03. The van der Waals surface area contributed by atoms with E-state index >= 15 is 0 Å². The van der Waals surface area contributed by atoms with Gasteiger partial charge in [0.25, 0.3) is 0 Å². The number of hydrogen-bond acceptors (Lipinski definition) is 6. The molecule has 0 bridgehead atoms. The average Bonchev–Trinajstić information content (AvgIpc) is 3.42. The fraction of sp³-hybridized carbons (Fsp3) is 0.190. The molecule has 146 valence electrons. The number of furan rings is 1. The van der Waals surface area contributed by atoms with E-state index < -0.39 is 0 Å². The summed E-state index contributed by atoms with van der Waals surface area (Å²) < 4.78 is 13.4. The van der Waals surface area contributed by atoms with Gasteiger partial charge in [-0.2, -0.15) is 0 Å². The summed E-state index contributed by atoms with van der Waals surface area (Å²) in [6.07, 6.45) is 2.64. The molecule has 8 heteroatoms. The van der Waals surface area contributed by atoms with E-state index in [2.05, 4.69) is 23.9 Å². The van der Waals surface area contributed by atoms with Gasteiger partial charge in [-0.3, -0.25) is 0 Å². The highest BCUT2D eigenvalue weighted by Gasteiger charge is 2.17. The zero-order valence-electron chi connectivity index (χ0n) is 15.8. The van der Waals surface area contributed by atoms with Crippen LogP contribution >= 0.6 is 22.9 Å². The Bertz CT molecular complexity index is 1320. The van der Waals surface area contributed by atoms with Crippen LogP contribution in [0.1, 0.15) is 23.1 Å². The van der Waals surface area contributed by atoms with Crippen LogP contribution in [-0.4, -0.2) is 19.6 Å². The van der Waals surface area contributed by atoms with Crippen molar-refractivity contribution in [3.8, 4) is 17.3 Å². The van der Waals surface area contributed by atoms with Gasteiger partial charge in [-0.15, -0.1) is 16.4 Å². The van der Waals surface area contributed by atoms with Crippen LogP contribution in [0, 0.1) is 6.92 Å². The topological polar surface area (TPSA) is 65.5 Å². The molecule has 29 heavy (non-hydrogen) atoms. The predicted octanol–water partition coefficient (Wildman–Crippen LogP) is 5.70. The Hall–Kier alpha value is -2.90. The van der Waals surface area contributed by atoms with Crippen LogP contribution in [0.15, 0.2) is 47.1 Å². The van der Waals surface area contributed by atoms with Gasteiger partial charge in [0.05, 0.1) is 5.39 Å². The average molecular weight is 425 g/mol. The van der Waals surface area contributed by atoms with E-state index in [0.29, 0.717) is 29.0 Å². The van der Waals surface area contributed by atoms with Crippen molar-refractivity contribution >= 4 is 38.8 Å². The molecule has 5 rings (SSSR count). The maximum absolute atomic E-state index is 5.91. The first-order chi connectivity index (χ1) is 14.1. The summed E-state index contributed by atoms with van der Waals surface area (Å²) in [7, 11) is 0. The summed E-state index contributed by atoms with van der Waals surface area (Å²) in [4.78, 5) is 11.5. The Morgan fingerprint density at radius 2 is 2.00 bits per heavy atom. The molecule has 0 aliphatic heterocycles. The Kier molecular flexibility index (Phi) is 4.49. The van der Waals surface area contributed by atoms with E-state index in [1.165, 1.54) is 10.4 Å². The third kappa shape index (κ3) is 3.26. The Balaban J connectivity index is 1.45. The summed E-state index contributed by atoms with van der Waals surface area (Å²) in [5.41, 5.74) is 2.08. The molecule has 0 saturated heterocycles. The fourth-order valence-electron chi connectivity index (χ4n) is 3.36. The van der Waals surface area contributed by atoms with E-state index in [0.717, 1.165) is 28.0 Å². The summed E-state index contributed by atoms with van der Waals surface area (Å²) in [6.45, 7) is 4.58. The second kappa shape index (κ2) is 7.17. The van der Waals surface area contributed by atoms with Crippen molar-refractivity contribution in [3.05, 3.63) is 63.9 Å². The van der Waals surface area contributed by atoms with Crippen LogP contribution in [0.4, 0.5) is 0 Å². The summed E-state index contributed by atoms with van der Waals surface area (Å²) in [5, 5.41) is 6.31. The zero-order valence-corrected chi connectivity index (χ0v) is 17.4. The Morgan fingerprint density at radius 3 is 2.79 bits per heavy atom. The van der Waals surface area contributed by atoms with Gasteiger partial charge < -0.3 is 9.15 Å². The number of rotatable bonds is 5. The molecule has 0 N–H and O–H groups in total. The molecule has 0 amide bonds. The van der Waals surface area contributed by atoms with Crippen molar-refractivity contribution in [1.29, 1.82) is 0 Å². The van der Waals surface area contributed by atoms with Crippen molar-refractivity contribution in [3.63, 3.8) is 0 Å². The van der Waals surface area contributed by atoms with Crippen molar-refractivity contribution < 1.29 is 9.15 Å². The Labute approximate surface area is 175 Å². The highest BCUT2D eigenvalue weighted by atomic mass is 35.5. The molecule has 0 saturated carbocycles. The third-order valence-corrected chi connectivity index (χ3v) is 6.07. The summed E-state index contributed by atoms with van der Waals surface area (Å²) in [5.74, 6) is 2.55. The molecule has 5 aromatic rings. The number of fused-ring (bicyclic) bond motifs is 3. The number of aryl methyl sites for hydroxylation is 2. The number of ether oxygens (including phenoxy) is 1. The largest absolute Gasteiger partial charge is 0.486 e. The number of thiophene rings is 1. The molecule has 1 aromatic carbocycles. The van der Waals surface area contributed by atoms with Crippen LogP contribution < -0.4 is 4.74 Å². The van der Waals surface area contributed by atoms with Crippen molar-refractivity contribution in [2.45, 2.75) is 26.9 Å². The second-order valence-electron chi connectivity index (χ2n) is 6.63.